The molecule has 1 aliphatic heterocycles. The number of carbonyl (C=O) groups is 1. The van der Waals surface area contributed by atoms with E-state index in [-0.39, 0.29) is 16.8 Å². The number of aromatic nitrogens is 6. The molecule has 0 bridgehead atoms. The molecule has 216 valence electrons. The molecule has 0 aliphatic carbocycles. The Bertz CT molecular complexity index is 1740. The summed E-state index contributed by atoms with van der Waals surface area (Å²) in [7, 11) is 1.78. The number of piperazine rings is 1. The van der Waals surface area contributed by atoms with Crippen LogP contribution in [0.15, 0.2) is 61.4 Å². The number of carbonyl (C=O) groups excluding carboxylic acids is 1. The van der Waals surface area contributed by atoms with E-state index in [1.165, 1.54) is 12.4 Å². The molecule has 0 radical (unpaired) electrons. The predicted molar refractivity (Wildman–Crippen MR) is 161 cm³/mol. The number of hydrogen-bond donors (Lipinski definition) is 1. The molecule has 5 aromatic rings. The largest absolute Gasteiger partial charge is 0.453 e. The lowest BCUT2D eigenvalue weighted by Crippen LogP contribution is -2.51. The quantitative estimate of drug-likeness (QED) is 0.203. The Hall–Kier alpha value is -4.84. The van der Waals surface area contributed by atoms with Crippen LogP contribution in [-0.4, -0.2) is 66.9 Å². The molecule has 1 fully saturated rings. The summed E-state index contributed by atoms with van der Waals surface area (Å²) in [4.78, 5) is 28.6. The first-order chi connectivity index (χ1) is 20.3. The lowest BCUT2D eigenvalue weighted by atomic mass is 10.2. The molecule has 1 N–H and O–H groups in total. The fourth-order valence-corrected chi connectivity index (χ4v) is 4.85. The summed E-state index contributed by atoms with van der Waals surface area (Å²) in [5.41, 5.74) is 2.96. The Kier molecular flexibility index (Phi) is 8.43. The van der Waals surface area contributed by atoms with Gasteiger partial charge >= 0.3 is 0 Å². The van der Waals surface area contributed by atoms with Crippen molar-refractivity contribution in [2.75, 3.05) is 29.9 Å². The van der Waals surface area contributed by atoms with Gasteiger partial charge in [-0.3, -0.25) is 4.79 Å². The highest BCUT2D eigenvalue weighted by Gasteiger charge is 2.24. The highest BCUT2D eigenvalue weighted by Crippen LogP contribution is 2.36. The zero-order chi connectivity index (χ0) is 29.8. The van der Waals surface area contributed by atoms with Crippen LogP contribution in [-0.2, 0) is 11.8 Å². The van der Waals surface area contributed by atoms with Crippen LogP contribution >= 0.6 is 11.6 Å². The molecule has 1 saturated heterocycles. The zero-order valence-corrected chi connectivity index (χ0v) is 24.1. The van der Waals surface area contributed by atoms with Crippen LogP contribution in [0.4, 0.5) is 21.7 Å². The second kappa shape index (κ2) is 12.4. The van der Waals surface area contributed by atoms with Gasteiger partial charge in [-0.25, -0.2) is 24.0 Å². The van der Waals surface area contributed by atoms with Crippen molar-refractivity contribution in [1.82, 2.24) is 34.8 Å². The average molecular weight is 590 g/mol. The summed E-state index contributed by atoms with van der Waals surface area (Å²) in [5, 5.41) is 11.2. The van der Waals surface area contributed by atoms with Gasteiger partial charge in [0.1, 0.15) is 28.9 Å². The highest BCUT2D eigenvalue weighted by molar-refractivity contribution is 6.32. The number of rotatable bonds is 6. The lowest BCUT2D eigenvalue weighted by Gasteiger charge is -2.38. The number of aryl methyl sites for hydroxylation is 1. The molecule has 0 unspecified atom stereocenters. The fourth-order valence-electron chi connectivity index (χ4n) is 4.60. The first-order valence-corrected chi connectivity index (χ1v) is 13.6. The number of nitrogens with zero attached hydrogens (tertiary/aromatic N) is 8. The van der Waals surface area contributed by atoms with Crippen LogP contribution in [0.2, 0.25) is 5.02 Å². The van der Waals surface area contributed by atoms with Crippen molar-refractivity contribution in [3.05, 3.63) is 72.3 Å². The van der Waals surface area contributed by atoms with Gasteiger partial charge in [0.15, 0.2) is 17.4 Å². The monoisotopic (exact) mass is 589 g/mol. The standard InChI is InChI=1S/C26H23ClFN9O2.C3H6/c1-15-12-36(7-8-37(15)14-38)23-6-4-20-24(32-23)26(30-13-29-20)31-16-9-18(27)25(19(28)10-16)39-17-3-5-22-21(11-17)33-34-35(22)2;1-3-2/h3-6,9-11,13-15H,7-8,12H2,1-2H3,(H,29,30,31);3H,1H2,2H3/t15-;/m1./s1. The van der Waals surface area contributed by atoms with E-state index < -0.39 is 5.82 Å². The molecule has 42 heavy (non-hydrogen) atoms. The molecule has 1 atom stereocenters. The molecule has 0 spiro atoms. The van der Waals surface area contributed by atoms with Gasteiger partial charge in [-0.2, -0.15) is 0 Å². The highest BCUT2D eigenvalue weighted by atomic mass is 35.5. The molecule has 1 amide bonds. The summed E-state index contributed by atoms with van der Waals surface area (Å²) in [5.74, 6) is 0.760. The predicted octanol–water partition coefficient (Wildman–Crippen LogP) is 5.49. The number of halogens is 2. The number of anilines is 3. The third-order valence-corrected chi connectivity index (χ3v) is 6.95. The molecule has 4 heterocycles. The Morgan fingerprint density at radius 2 is 1.95 bits per heavy atom. The summed E-state index contributed by atoms with van der Waals surface area (Å²) < 4.78 is 22.6. The van der Waals surface area contributed by atoms with Gasteiger partial charge in [-0.05, 0) is 44.2 Å². The normalized spacial score (nSPS) is 14.8. The van der Waals surface area contributed by atoms with Crippen molar-refractivity contribution in [2.24, 2.45) is 7.05 Å². The SMILES string of the molecule is C=CC.C[C@@H]1CN(c2ccc3ncnc(Nc4cc(F)c(Oc5ccc6c(c5)nnn6C)c(Cl)c4)c3n2)CCN1C=O. The molecule has 13 heteroatoms. The zero-order valence-electron chi connectivity index (χ0n) is 23.3. The number of fused-ring (bicyclic) bond motifs is 2. The van der Waals surface area contributed by atoms with Gasteiger partial charge in [-0.1, -0.05) is 22.9 Å². The minimum atomic E-state index is -0.654. The molecular formula is C29H29ClFN9O2. The number of allylic oxidation sites excluding steroid dienone is 1. The van der Waals surface area contributed by atoms with E-state index >= 15 is 4.39 Å². The maximum atomic E-state index is 15.2. The van der Waals surface area contributed by atoms with E-state index in [4.69, 9.17) is 21.3 Å². The summed E-state index contributed by atoms with van der Waals surface area (Å²) in [6.45, 7) is 9.17. The van der Waals surface area contributed by atoms with Crippen LogP contribution in [0, 0.1) is 5.82 Å². The van der Waals surface area contributed by atoms with Crippen LogP contribution in [0.25, 0.3) is 22.1 Å². The lowest BCUT2D eigenvalue weighted by molar-refractivity contribution is -0.120. The minimum Gasteiger partial charge on any atom is -0.453 e. The number of ether oxygens (including phenoxy) is 1. The first kappa shape index (κ1) is 28.7. The van der Waals surface area contributed by atoms with Crippen LogP contribution in [0.3, 0.4) is 0 Å². The molecule has 2 aromatic carbocycles. The summed E-state index contributed by atoms with van der Waals surface area (Å²) in [6, 6.07) is 11.8. The van der Waals surface area contributed by atoms with Crippen molar-refractivity contribution >= 4 is 57.4 Å². The van der Waals surface area contributed by atoms with Crippen molar-refractivity contribution in [1.29, 1.82) is 0 Å². The van der Waals surface area contributed by atoms with E-state index in [1.807, 2.05) is 26.0 Å². The Morgan fingerprint density at radius 1 is 1.14 bits per heavy atom. The number of benzene rings is 2. The molecule has 1 aliphatic rings. The molecule has 11 nitrogen and oxygen atoms in total. The van der Waals surface area contributed by atoms with Gasteiger partial charge in [0.25, 0.3) is 0 Å². The number of hydrogen-bond acceptors (Lipinski definition) is 9. The Morgan fingerprint density at radius 3 is 2.69 bits per heavy atom. The first-order valence-electron chi connectivity index (χ1n) is 13.2. The number of pyridine rings is 1. The van der Waals surface area contributed by atoms with E-state index in [0.717, 1.165) is 17.7 Å². The molecule has 6 rings (SSSR count). The van der Waals surface area contributed by atoms with E-state index in [0.29, 0.717) is 53.4 Å². The number of nitrogens with one attached hydrogen (secondary N) is 1. The van der Waals surface area contributed by atoms with E-state index in [9.17, 15) is 4.79 Å². The molecule has 0 saturated carbocycles. The van der Waals surface area contributed by atoms with Crippen molar-refractivity contribution in [3.63, 3.8) is 0 Å². The topological polar surface area (TPSA) is 114 Å². The van der Waals surface area contributed by atoms with Crippen LogP contribution in [0.5, 0.6) is 11.5 Å². The van der Waals surface area contributed by atoms with Gasteiger partial charge in [0.05, 0.1) is 16.1 Å². The smallest absolute Gasteiger partial charge is 0.210 e. The maximum Gasteiger partial charge on any atom is 0.210 e. The van der Waals surface area contributed by atoms with Crippen LogP contribution < -0.4 is 15.0 Å². The van der Waals surface area contributed by atoms with Gasteiger partial charge in [0, 0.05) is 50.5 Å². The maximum absolute atomic E-state index is 15.2. The summed E-state index contributed by atoms with van der Waals surface area (Å²) >= 11 is 6.43. The van der Waals surface area contributed by atoms with E-state index in [2.05, 4.69) is 37.1 Å². The van der Waals surface area contributed by atoms with Crippen molar-refractivity contribution < 1.29 is 13.9 Å². The second-order valence-corrected chi connectivity index (χ2v) is 10.1. The van der Waals surface area contributed by atoms with Gasteiger partial charge in [0.2, 0.25) is 6.41 Å². The number of amides is 1. The summed E-state index contributed by atoms with van der Waals surface area (Å²) in [6.07, 6.45) is 4.04. The fraction of sp³-hybridized carbons (Fsp3) is 0.241. The second-order valence-electron chi connectivity index (χ2n) is 9.67. The van der Waals surface area contributed by atoms with Crippen molar-refractivity contribution in [2.45, 2.75) is 19.9 Å². The average Bonchev–Trinajstić information content (AvgIpc) is 3.35. The van der Waals surface area contributed by atoms with Crippen molar-refractivity contribution in [3.8, 4) is 11.5 Å². The third kappa shape index (κ3) is 5.93. The molecular weight excluding hydrogens is 561 g/mol. The Balaban J connectivity index is 0.00000113. The minimum absolute atomic E-state index is 0.0618. The molecule has 3 aromatic heterocycles. The van der Waals surface area contributed by atoms with Crippen LogP contribution in [0.1, 0.15) is 13.8 Å². The van der Waals surface area contributed by atoms with E-state index in [1.54, 1.807) is 47.0 Å². The van der Waals surface area contributed by atoms with Gasteiger partial charge in [-0.15, -0.1) is 11.7 Å². The Labute approximate surface area is 246 Å². The van der Waals surface area contributed by atoms with Gasteiger partial charge < -0.3 is 19.9 Å². The third-order valence-electron chi connectivity index (χ3n) is 6.67.